The van der Waals surface area contributed by atoms with Crippen LogP contribution in [0.1, 0.15) is 52.6 Å². The number of nitrogens with one attached hydrogen (secondary N) is 2. The van der Waals surface area contributed by atoms with E-state index in [4.69, 9.17) is 0 Å². The normalized spacial score (nSPS) is 11.9. The summed E-state index contributed by atoms with van der Waals surface area (Å²) in [4.78, 5) is 38.1. The zero-order valence-electron chi connectivity index (χ0n) is 22.3. The fourth-order valence-electron chi connectivity index (χ4n) is 4.24. The number of carboxylic acids is 1. The molecule has 4 aromatic carbocycles. The maximum Gasteiger partial charge on any atom is 0.326 e. The van der Waals surface area contributed by atoms with Gasteiger partial charge >= 0.3 is 5.97 Å². The smallest absolute Gasteiger partial charge is 0.326 e. The van der Waals surface area contributed by atoms with Crippen molar-refractivity contribution in [1.82, 2.24) is 5.32 Å². The van der Waals surface area contributed by atoms with Crippen LogP contribution in [0.3, 0.4) is 0 Å². The van der Waals surface area contributed by atoms with E-state index in [1.54, 1.807) is 36.4 Å². The zero-order valence-corrected chi connectivity index (χ0v) is 22.3. The highest BCUT2D eigenvalue weighted by Gasteiger charge is 2.23. The molecule has 0 fully saturated rings. The molecule has 6 heteroatoms. The van der Waals surface area contributed by atoms with Gasteiger partial charge in [0.25, 0.3) is 11.8 Å². The quantitative estimate of drug-likeness (QED) is 0.253. The topological polar surface area (TPSA) is 95.5 Å². The van der Waals surface area contributed by atoms with Gasteiger partial charge in [-0.15, -0.1) is 0 Å². The summed E-state index contributed by atoms with van der Waals surface area (Å²) >= 11 is 0. The van der Waals surface area contributed by atoms with Gasteiger partial charge in [-0.3, -0.25) is 9.59 Å². The lowest BCUT2D eigenvalue weighted by Gasteiger charge is -2.19. The molecule has 0 aliphatic rings. The van der Waals surface area contributed by atoms with Gasteiger partial charge < -0.3 is 15.7 Å². The summed E-state index contributed by atoms with van der Waals surface area (Å²) in [7, 11) is 0. The van der Waals surface area contributed by atoms with Crippen molar-refractivity contribution in [2.24, 2.45) is 0 Å². The van der Waals surface area contributed by atoms with Gasteiger partial charge in [0.05, 0.1) is 11.3 Å². The van der Waals surface area contributed by atoms with Gasteiger partial charge in [0, 0.05) is 12.0 Å². The molecule has 39 heavy (non-hydrogen) atoms. The number of carbonyl (C=O) groups is 3. The number of amides is 2. The molecule has 6 nitrogen and oxygen atoms in total. The third-order valence-electron chi connectivity index (χ3n) is 6.54. The summed E-state index contributed by atoms with van der Waals surface area (Å²) < 4.78 is 0. The van der Waals surface area contributed by atoms with Crippen molar-refractivity contribution >= 4 is 23.5 Å². The molecule has 0 bridgehead atoms. The van der Waals surface area contributed by atoms with Crippen LogP contribution in [0.5, 0.6) is 0 Å². The van der Waals surface area contributed by atoms with E-state index in [0.29, 0.717) is 11.3 Å². The monoisotopic (exact) mass is 520 g/mol. The van der Waals surface area contributed by atoms with E-state index in [2.05, 4.69) is 31.4 Å². The van der Waals surface area contributed by atoms with Gasteiger partial charge in [-0.25, -0.2) is 4.79 Å². The minimum atomic E-state index is -1.14. The fourth-order valence-corrected chi connectivity index (χ4v) is 4.24. The number of carbonyl (C=O) groups excluding carboxylic acids is 2. The van der Waals surface area contributed by atoms with Crippen LogP contribution in [-0.2, 0) is 16.6 Å². The minimum Gasteiger partial charge on any atom is -0.480 e. The number of anilines is 1. The average molecular weight is 521 g/mol. The van der Waals surface area contributed by atoms with Gasteiger partial charge in [-0.1, -0.05) is 99.6 Å². The zero-order chi connectivity index (χ0) is 28.0. The van der Waals surface area contributed by atoms with E-state index in [-0.39, 0.29) is 23.3 Å². The van der Waals surface area contributed by atoms with E-state index in [0.717, 1.165) is 22.3 Å². The fraction of sp³-hybridized carbons (Fsp3) is 0.182. The Hall–Kier alpha value is -4.71. The van der Waals surface area contributed by atoms with Crippen molar-refractivity contribution in [1.29, 1.82) is 0 Å². The van der Waals surface area contributed by atoms with E-state index in [9.17, 15) is 19.5 Å². The SMILES string of the molecule is CC(C)(C)c1ccc(C(=O)Nc2ccccc2C(=O)N[C@@H](Cc2ccc(-c3ccccc3)cc2)C(=O)O)cc1. The van der Waals surface area contributed by atoms with Crippen LogP contribution in [0.15, 0.2) is 103 Å². The first-order valence-electron chi connectivity index (χ1n) is 12.8. The molecule has 2 amide bonds. The highest BCUT2D eigenvalue weighted by atomic mass is 16.4. The Balaban J connectivity index is 1.46. The summed E-state index contributed by atoms with van der Waals surface area (Å²) in [6, 6.07) is 30.2. The van der Waals surface area contributed by atoms with Crippen molar-refractivity contribution in [3.63, 3.8) is 0 Å². The Morgan fingerprint density at radius 3 is 1.92 bits per heavy atom. The summed E-state index contributed by atoms with van der Waals surface area (Å²) in [6.45, 7) is 6.29. The second-order valence-electron chi connectivity index (χ2n) is 10.5. The Morgan fingerprint density at radius 2 is 1.31 bits per heavy atom. The molecular weight excluding hydrogens is 488 g/mol. The lowest BCUT2D eigenvalue weighted by molar-refractivity contribution is -0.139. The molecule has 0 aromatic heterocycles. The average Bonchev–Trinajstić information content (AvgIpc) is 2.93. The van der Waals surface area contributed by atoms with Crippen LogP contribution in [0, 0.1) is 0 Å². The number of para-hydroxylation sites is 1. The van der Waals surface area contributed by atoms with E-state index < -0.39 is 17.9 Å². The lowest BCUT2D eigenvalue weighted by Crippen LogP contribution is -2.42. The van der Waals surface area contributed by atoms with E-state index >= 15 is 0 Å². The molecule has 0 unspecified atom stereocenters. The molecule has 1 atom stereocenters. The van der Waals surface area contributed by atoms with Gasteiger partial charge in [0.1, 0.15) is 6.04 Å². The number of carboxylic acid groups (broad SMARTS) is 1. The molecule has 0 aliphatic carbocycles. The molecule has 0 aliphatic heterocycles. The van der Waals surface area contributed by atoms with Gasteiger partial charge in [-0.05, 0) is 51.9 Å². The van der Waals surface area contributed by atoms with Crippen molar-refractivity contribution in [2.45, 2.75) is 38.6 Å². The first-order chi connectivity index (χ1) is 18.6. The Labute approximate surface area is 228 Å². The summed E-state index contributed by atoms with van der Waals surface area (Å²) in [6.07, 6.45) is 0.116. The number of aliphatic carboxylic acids is 1. The molecule has 0 heterocycles. The Kier molecular flexibility index (Phi) is 8.25. The van der Waals surface area contributed by atoms with Crippen LogP contribution in [0.2, 0.25) is 0 Å². The van der Waals surface area contributed by atoms with E-state index in [1.165, 1.54) is 0 Å². The van der Waals surface area contributed by atoms with Crippen LogP contribution in [0.4, 0.5) is 5.69 Å². The highest BCUT2D eigenvalue weighted by molar-refractivity contribution is 6.09. The largest absolute Gasteiger partial charge is 0.480 e. The first kappa shape index (κ1) is 27.3. The summed E-state index contributed by atoms with van der Waals surface area (Å²) in [5.74, 6) is -2.08. The molecule has 0 radical (unpaired) electrons. The molecule has 3 N–H and O–H groups in total. The van der Waals surface area contributed by atoms with E-state index in [1.807, 2.05) is 66.7 Å². The number of hydrogen-bond donors (Lipinski definition) is 3. The molecule has 0 saturated carbocycles. The van der Waals surface area contributed by atoms with Crippen LogP contribution < -0.4 is 10.6 Å². The predicted molar refractivity (Wildman–Crippen MR) is 154 cm³/mol. The predicted octanol–water partition coefficient (Wildman–Crippen LogP) is 6.33. The van der Waals surface area contributed by atoms with Crippen molar-refractivity contribution in [3.05, 3.63) is 125 Å². The maximum atomic E-state index is 13.2. The number of rotatable bonds is 8. The first-order valence-corrected chi connectivity index (χ1v) is 12.8. The summed E-state index contributed by atoms with van der Waals surface area (Å²) in [5, 5.41) is 15.2. The number of hydrogen-bond acceptors (Lipinski definition) is 3. The third kappa shape index (κ3) is 6.99. The van der Waals surface area contributed by atoms with Crippen LogP contribution in [0.25, 0.3) is 11.1 Å². The van der Waals surface area contributed by atoms with Gasteiger partial charge in [-0.2, -0.15) is 0 Å². The van der Waals surface area contributed by atoms with Crippen molar-refractivity contribution < 1.29 is 19.5 Å². The second-order valence-corrected chi connectivity index (χ2v) is 10.5. The third-order valence-corrected chi connectivity index (χ3v) is 6.54. The van der Waals surface area contributed by atoms with Crippen LogP contribution >= 0.6 is 0 Å². The maximum absolute atomic E-state index is 13.2. The Morgan fingerprint density at radius 1 is 0.718 bits per heavy atom. The van der Waals surface area contributed by atoms with Crippen molar-refractivity contribution in [3.8, 4) is 11.1 Å². The van der Waals surface area contributed by atoms with Crippen LogP contribution in [-0.4, -0.2) is 28.9 Å². The van der Waals surface area contributed by atoms with Gasteiger partial charge in [0.2, 0.25) is 0 Å². The molecular formula is C33H32N2O4. The molecule has 0 spiro atoms. The minimum absolute atomic E-state index is 0.0374. The standard InChI is InChI=1S/C33H32N2O4/c1-33(2,3)26-19-17-25(18-20-26)30(36)34-28-12-8-7-11-27(28)31(37)35-29(32(38)39)21-22-13-15-24(16-14-22)23-9-5-4-6-10-23/h4-20,29H,21H2,1-3H3,(H,34,36)(H,35,37)(H,38,39)/t29-/m0/s1. The highest BCUT2D eigenvalue weighted by Crippen LogP contribution is 2.23. The van der Waals surface area contributed by atoms with Crippen molar-refractivity contribution in [2.75, 3.05) is 5.32 Å². The molecule has 4 rings (SSSR count). The molecule has 4 aromatic rings. The Bertz CT molecular complexity index is 1450. The molecule has 0 saturated heterocycles. The summed E-state index contributed by atoms with van der Waals surface area (Å²) in [5.41, 5.74) is 4.88. The lowest BCUT2D eigenvalue weighted by atomic mass is 9.86. The molecule has 198 valence electrons. The van der Waals surface area contributed by atoms with Gasteiger partial charge in [0.15, 0.2) is 0 Å². The number of benzene rings is 4. The second kappa shape index (κ2) is 11.8.